The third-order valence-electron chi connectivity index (χ3n) is 3.85. The number of rotatable bonds is 0. The Hall–Kier alpha value is -0.0400. The first-order chi connectivity index (χ1) is 5.43. The van der Waals surface area contributed by atoms with Crippen LogP contribution < -0.4 is 0 Å². The van der Waals surface area contributed by atoms with Gasteiger partial charge in [-0.15, -0.1) is 0 Å². The Morgan fingerprint density at radius 1 is 1.25 bits per heavy atom. The highest BCUT2D eigenvalue weighted by atomic mass is 16.5. The zero-order chi connectivity index (χ0) is 8.98. The van der Waals surface area contributed by atoms with E-state index in [9.17, 15) is 0 Å². The van der Waals surface area contributed by atoms with Crippen molar-refractivity contribution < 1.29 is 4.74 Å². The maximum atomic E-state index is 6.01. The van der Waals surface area contributed by atoms with Gasteiger partial charge in [0.1, 0.15) is 0 Å². The minimum atomic E-state index is 0.192. The summed E-state index contributed by atoms with van der Waals surface area (Å²) < 4.78 is 6.01. The Morgan fingerprint density at radius 3 is 2.33 bits per heavy atom. The summed E-state index contributed by atoms with van der Waals surface area (Å²) in [7, 11) is 0. The van der Waals surface area contributed by atoms with Gasteiger partial charge in [-0.25, -0.2) is 0 Å². The van der Waals surface area contributed by atoms with E-state index < -0.39 is 0 Å². The van der Waals surface area contributed by atoms with Crippen molar-refractivity contribution in [3.8, 4) is 0 Å². The molecule has 3 atom stereocenters. The molecule has 1 nitrogen and oxygen atoms in total. The van der Waals surface area contributed by atoms with Gasteiger partial charge in [-0.05, 0) is 44.4 Å². The van der Waals surface area contributed by atoms with Gasteiger partial charge in [0.05, 0.1) is 11.7 Å². The monoisotopic (exact) mass is 168 g/mol. The second-order valence-corrected chi connectivity index (χ2v) is 5.58. The average Bonchev–Trinajstić information content (AvgIpc) is 1.80. The Morgan fingerprint density at radius 2 is 1.92 bits per heavy atom. The Labute approximate surface area is 75.5 Å². The molecular formula is C11H20O. The van der Waals surface area contributed by atoms with E-state index in [0.29, 0.717) is 11.5 Å². The molecule has 1 heteroatoms. The zero-order valence-corrected chi connectivity index (χ0v) is 8.68. The molecule has 3 unspecified atom stereocenters. The summed E-state index contributed by atoms with van der Waals surface area (Å²) in [6.45, 7) is 9.31. The molecule has 12 heavy (non-hydrogen) atoms. The van der Waals surface area contributed by atoms with Crippen molar-refractivity contribution in [3.63, 3.8) is 0 Å². The fourth-order valence-electron chi connectivity index (χ4n) is 3.54. The predicted octanol–water partition coefficient (Wildman–Crippen LogP) is 2.99. The van der Waals surface area contributed by atoms with Crippen LogP contribution in [0.4, 0.5) is 0 Å². The molecule has 0 aromatic carbocycles. The number of hydrogen-bond acceptors (Lipinski definition) is 1. The maximum Gasteiger partial charge on any atom is 0.0663 e. The van der Waals surface area contributed by atoms with Crippen molar-refractivity contribution >= 4 is 0 Å². The average molecular weight is 168 g/mol. The quantitative estimate of drug-likeness (QED) is 0.540. The third kappa shape index (κ3) is 1.10. The molecule has 0 aromatic rings. The lowest BCUT2D eigenvalue weighted by atomic mass is 9.59. The van der Waals surface area contributed by atoms with Crippen LogP contribution in [0, 0.1) is 11.3 Å². The number of ether oxygens (including phenoxy) is 1. The largest absolute Gasteiger partial charge is 0.372 e. The van der Waals surface area contributed by atoms with Crippen LogP contribution >= 0.6 is 0 Å². The zero-order valence-electron chi connectivity index (χ0n) is 8.68. The molecule has 3 aliphatic rings. The molecule has 2 heterocycles. The standard InChI is InChI=1S/C11H20O/c1-8-9-5-6-11(4,12-8)7-10(9,2)3/h8-9H,5-7H2,1-4H3. The van der Waals surface area contributed by atoms with Gasteiger partial charge in [0.15, 0.2) is 0 Å². The molecule has 0 amide bonds. The van der Waals surface area contributed by atoms with Gasteiger partial charge >= 0.3 is 0 Å². The summed E-state index contributed by atoms with van der Waals surface area (Å²) in [5.74, 6) is 0.791. The summed E-state index contributed by atoms with van der Waals surface area (Å²) >= 11 is 0. The van der Waals surface area contributed by atoms with Crippen molar-refractivity contribution in [1.29, 1.82) is 0 Å². The number of hydrogen-bond donors (Lipinski definition) is 0. The van der Waals surface area contributed by atoms with E-state index in [1.54, 1.807) is 0 Å². The van der Waals surface area contributed by atoms with E-state index in [0.717, 1.165) is 5.92 Å². The molecule has 70 valence electrons. The first-order valence-electron chi connectivity index (χ1n) is 5.11. The Kier molecular flexibility index (Phi) is 1.61. The molecule has 3 rings (SSSR count). The van der Waals surface area contributed by atoms with Gasteiger partial charge in [-0.2, -0.15) is 0 Å². The smallest absolute Gasteiger partial charge is 0.0663 e. The van der Waals surface area contributed by atoms with Gasteiger partial charge in [0, 0.05) is 0 Å². The van der Waals surface area contributed by atoms with E-state index in [1.807, 2.05) is 0 Å². The second kappa shape index (κ2) is 2.25. The van der Waals surface area contributed by atoms with Crippen molar-refractivity contribution in [2.24, 2.45) is 11.3 Å². The summed E-state index contributed by atoms with van der Waals surface area (Å²) in [4.78, 5) is 0. The van der Waals surface area contributed by atoms with Crippen LogP contribution in [0.1, 0.15) is 47.0 Å². The van der Waals surface area contributed by atoms with Gasteiger partial charge in [0.25, 0.3) is 0 Å². The SMILES string of the molecule is CC1OC2(C)CCC1C(C)(C)C2. The fraction of sp³-hybridized carbons (Fsp3) is 1.00. The summed E-state index contributed by atoms with van der Waals surface area (Å²) in [5, 5.41) is 0. The minimum Gasteiger partial charge on any atom is -0.372 e. The van der Waals surface area contributed by atoms with Crippen LogP contribution in [-0.2, 0) is 4.74 Å². The van der Waals surface area contributed by atoms with Gasteiger partial charge in [-0.3, -0.25) is 0 Å². The topological polar surface area (TPSA) is 9.23 Å². The molecular weight excluding hydrogens is 148 g/mol. The van der Waals surface area contributed by atoms with E-state index in [2.05, 4.69) is 27.7 Å². The van der Waals surface area contributed by atoms with E-state index in [4.69, 9.17) is 4.74 Å². The highest BCUT2D eigenvalue weighted by Crippen LogP contribution is 2.53. The highest BCUT2D eigenvalue weighted by Gasteiger charge is 2.51. The van der Waals surface area contributed by atoms with Crippen LogP contribution in [0.5, 0.6) is 0 Å². The van der Waals surface area contributed by atoms with E-state index >= 15 is 0 Å². The third-order valence-corrected chi connectivity index (χ3v) is 3.85. The van der Waals surface area contributed by atoms with Crippen molar-refractivity contribution in [1.82, 2.24) is 0 Å². The van der Waals surface area contributed by atoms with E-state index in [1.165, 1.54) is 19.3 Å². The van der Waals surface area contributed by atoms with Crippen LogP contribution in [0.3, 0.4) is 0 Å². The molecule has 0 aromatic heterocycles. The molecule has 0 radical (unpaired) electrons. The highest BCUT2D eigenvalue weighted by molar-refractivity contribution is 5.00. The fourth-order valence-corrected chi connectivity index (χ4v) is 3.54. The lowest BCUT2D eigenvalue weighted by molar-refractivity contribution is -0.222. The van der Waals surface area contributed by atoms with Crippen LogP contribution in [-0.4, -0.2) is 11.7 Å². The normalized spacial score (nSPS) is 51.0. The van der Waals surface area contributed by atoms with Gasteiger partial charge in [-0.1, -0.05) is 13.8 Å². The lowest BCUT2D eigenvalue weighted by Crippen LogP contribution is -2.55. The van der Waals surface area contributed by atoms with Crippen molar-refractivity contribution in [2.45, 2.75) is 58.7 Å². The van der Waals surface area contributed by atoms with Gasteiger partial charge < -0.3 is 4.74 Å². The van der Waals surface area contributed by atoms with E-state index in [-0.39, 0.29) is 5.60 Å². The van der Waals surface area contributed by atoms with Crippen LogP contribution in [0.15, 0.2) is 0 Å². The lowest BCUT2D eigenvalue weighted by Gasteiger charge is -2.56. The predicted molar refractivity (Wildman–Crippen MR) is 50.1 cm³/mol. The number of fused-ring (bicyclic) bond motifs is 3. The second-order valence-electron chi connectivity index (χ2n) is 5.58. The first kappa shape index (κ1) is 8.55. The summed E-state index contributed by atoms with van der Waals surface area (Å²) in [6, 6.07) is 0. The van der Waals surface area contributed by atoms with Crippen LogP contribution in [0.2, 0.25) is 0 Å². The molecule has 0 spiro atoms. The minimum absolute atomic E-state index is 0.192. The molecule has 1 aliphatic carbocycles. The Balaban J connectivity index is 2.28. The maximum absolute atomic E-state index is 6.01. The molecule has 1 saturated carbocycles. The summed E-state index contributed by atoms with van der Waals surface area (Å²) in [6.07, 6.45) is 4.36. The van der Waals surface area contributed by atoms with Crippen LogP contribution in [0.25, 0.3) is 0 Å². The van der Waals surface area contributed by atoms with Crippen molar-refractivity contribution in [3.05, 3.63) is 0 Å². The molecule has 0 N–H and O–H groups in total. The molecule has 2 bridgehead atoms. The van der Waals surface area contributed by atoms with Crippen molar-refractivity contribution in [2.75, 3.05) is 0 Å². The molecule has 2 saturated heterocycles. The Bertz CT molecular complexity index is 194. The molecule has 2 aliphatic heterocycles. The summed E-state index contributed by atoms with van der Waals surface area (Å²) in [5.41, 5.74) is 0.697. The first-order valence-corrected chi connectivity index (χ1v) is 5.11. The molecule has 3 fully saturated rings. The van der Waals surface area contributed by atoms with Gasteiger partial charge in [0.2, 0.25) is 0 Å².